The SMILES string of the molecule is Cc1ccc(-c2cnc(CCC(=O)Nc3nc(-c4ccc5c(c4)OCCO5)cs3)o2)cc1. The third-order valence-electron chi connectivity index (χ3n) is 5.04. The second kappa shape index (κ2) is 8.84. The average Bonchev–Trinajstić information content (AvgIpc) is 3.48. The summed E-state index contributed by atoms with van der Waals surface area (Å²) in [5.41, 5.74) is 3.84. The lowest BCUT2D eigenvalue weighted by atomic mass is 10.1. The monoisotopic (exact) mass is 447 g/mol. The van der Waals surface area contributed by atoms with Crippen LogP contribution in [0.15, 0.2) is 58.5 Å². The zero-order chi connectivity index (χ0) is 21.9. The van der Waals surface area contributed by atoms with Crippen LogP contribution in [0.4, 0.5) is 5.13 Å². The first-order chi connectivity index (χ1) is 15.6. The molecule has 0 saturated heterocycles. The van der Waals surface area contributed by atoms with Crippen LogP contribution < -0.4 is 14.8 Å². The molecule has 0 spiro atoms. The van der Waals surface area contributed by atoms with Crippen molar-refractivity contribution in [1.82, 2.24) is 9.97 Å². The average molecular weight is 448 g/mol. The molecule has 0 saturated carbocycles. The van der Waals surface area contributed by atoms with E-state index in [-0.39, 0.29) is 12.3 Å². The highest BCUT2D eigenvalue weighted by atomic mass is 32.1. The van der Waals surface area contributed by atoms with E-state index in [1.165, 1.54) is 16.9 Å². The molecule has 1 aliphatic heterocycles. The van der Waals surface area contributed by atoms with Gasteiger partial charge in [0.05, 0.1) is 11.9 Å². The second-order valence-corrected chi connectivity index (χ2v) is 8.29. The molecule has 3 heterocycles. The van der Waals surface area contributed by atoms with Gasteiger partial charge in [0.2, 0.25) is 5.91 Å². The Kier molecular flexibility index (Phi) is 5.60. The Bertz CT molecular complexity index is 1250. The first-order valence-electron chi connectivity index (χ1n) is 10.3. The molecule has 32 heavy (non-hydrogen) atoms. The second-order valence-electron chi connectivity index (χ2n) is 7.43. The van der Waals surface area contributed by atoms with Crippen LogP contribution in [0.1, 0.15) is 17.9 Å². The lowest BCUT2D eigenvalue weighted by molar-refractivity contribution is -0.116. The van der Waals surface area contributed by atoms with Crippen LogP contribution in [-0.2, 0) is 11.2 Å². The van der Waals surface area contributed by atoms with Crippen LogP contribution >= 0.6 is 11.3 Å². The molecule has 5 rings (SSSR count). The summed E-state index contributed by atoms with van der Waals surface area (Å²) < 4.78 is 17.0. The van der Waals surface area contributed by atoms with Crippen molar-refractivity contribution in [2.75, 3.05) is 18.5 Å². The number of fused-ring (bicyclic) bond motifs is 1. The lowest BCUT2D eigenvalue weighted by Crippen LogP contribution is -2.15. The molecular weight excluding hydrogens is 426 g/mol. The molecule has 1 N–H and O–H groups in total. The molecule has 1 amide bonds. The molecule has 162 valence electrons. The van der Waals surface area contributed by atoms with Gasteiger partial charge >= 0.3 is 0 Å². The minimum Gasteiger partial charge on any atom is -0.486 e. The van der Waals surface area contributed by atoms with Gasteiger partial charge in [0.1, 0.15) is 13.2 Å². The summed E-state index contributed by atoms with van der Waals surface area (Å²) in [7, 11) is 0. The first kappa shape index (κ1) is 20.3. The minimum absolute atomic E-state index is 0.136. The highest BCUT2D eigenvalue weighted by Crippen LogP contribution is 2.35. The Hall–Kier alpha value is -3.65. The first-order valence-corrected chi connectivity index (χ1v) is 11.2. The summed E-state index contributed by atoms with van der Waals surface area (Å²) in [5, 5.41) is 5.31. The van der Waals surface area contributed by atoms with Crippen molar-refractivity contribution < 1.29 is 18.7 Å². The number of benzene rings is 2. The maximum atomic E-state index is 12.4. The largest absolute Gasteiger partial charge is 0.486 e. The smallest absolute Gasteiger partial charge is 0.226 e. The van der Waals surface area contributed by atoms with E-state index in [4.69, 9.17) is 13.9 Å². The van der Waals surface area contributed by atoms with Crippen molar-refractivity contribution in [2.45, 2.75) is 19.8 Å². The number of oxazole rings is 1. The predicted octanol–water partition coefficient (Wildman–Crippen LogP) is 5.12. The van der Waals surface area contributed by atoms with Gasteiger partial charge in [0.25, 0.3) is 0 Å². The summed E-state index contributed by atoms with van der Waals surface area (Å²) in [6.07, 6.45) is 2.36. The third-order valence-corrected chi connectivity index (χ3v) is 5.80. The number of aromatic nitrogens is 2. The molecule has 1 aliphatic rings. The maximum Gasteiger partial charge on any atom is 0.226 e. The van der Waals surface area contributed by atoms with Crippen LogP contribution in [0, 0.1) is 6.92 Å². The Morgan fingerprint density at radius 2 is 1.84 bits per heavy atom. The van der Waals surface area contributed by atoms with Gasteiger partial charge in [-0.3, -0.25) is 4.79 Å². The van der Waals surface area contributed by atoms with E-state index in [9.17, 15) is 4.79 Å². The van der Waals surface area contributed by atoms with E-state index >= 15 is 0 Å². The number of aryl methyl sites for hydroxylation is 2. The summed E-state index contributed by atoms with van der Waals surface area (Å²) in [4.78, 5) is 21.2. The fourth-order valence-corrected chi connectivity index (χ4v) is 4.08. The predicted molar refractivity (Wildman–Crippen MR) is 122 cm³/mol. The molecule has 7 nitrogen and oxygen atoms in total. The molecule has 2 aromatic heterocycles. The van der Waals surface area contributed by atoms with Crippen molar-refractivity contribution in [3.05, 3.63) is 65.5 Å². The summed E-state index contributed by atoms with van der Waals surface area (Å²) in [6.45, 7) is 3.13. The standard InChI is InChI=1S/C24H21N3O4S/c1-15-2-4-16(5-3-15)21-13-25-23(31-21)9-8-22(28)27-24-26-18(14-32-24)17-6-7-19-20(12-17)30-11-10-29-19/h2-7,12-14H,8-11H2,1H3,(H,26,27,28). The Labute approximate surface area is 189 Å². The van der Waals surface area contributed by atoms with Crippen molar-refractivity contribution in [1.29, 1.82) is 0 Å². The van der Waals surface area contributed by atoms with Crippen LogP contribution in [0.2, 0.25) is 0 Å². The number of hydrogen-bond donors (Lipinski definition) is 1. The molecule has 2 aromatic carbocycles. The highest BCUT2D eigenvalue weighted by molar-refractivity contribution is 7.14. The Balaban J connectivity index is 1.18. The molecule has 0 aliphatic carbocycles. The number of anilines is 1. The number of nitrogens with one attached hydrogen (secondary N) is 1. The van der Waals surface area contributed by atoms with Crippen LogP contribution in [0.5, 0.6) is 11.5 Å². The van der Waals surface area contributed by atoms with Gasteiger partial charge in [-0.1, -0.05) is 29.8 Å². The summed E-state index contributed by atoms with van der Waals surface area (Å²) in [6, 6.07) is 13.8. The molecule has 0 bridgehead atoms. The van der Waals surface area contributed by atoms with Gasteiger partial charge < -0.3 is 19.2 Å². The number of carbonyl (C=O) groups excluding carboxylic acids is 1. The number of thiazole rings is 1. The maximum absolute atomic E-state index is 12.4. The highest BCUT2D eigenvalue weighted by Gasteiger charge is 2.15. The summed E-state index contributed by atoms with van der Waals surface area (Å²) in [5.74, 6) is 2.54. The number of carbonyl (C=O) groups is 1. The number of rotatable bonds is 6. The van der Waals surface area contributed by atoms with E-state index in [0.29, 0.717) is 42.2 Å². The van der Waals surface area contributed by atoms with Gasteiger partial charge in [-0.25, -0.2) is 9.97 Å². The van der Waals surface area contributed by atoms with Gasteiger partial charge in [-0.15, -0.1) is 11.3 Å². The van der Waals surface area contributed by atoms with Crippen LogP contribution in [0.3, 0.4) is 0 Å². The van der Waals surface area contributed by atoms with E-state index in [1.54, 1.807) is 6.20 Å². The Morgan fingerprint density at radius 3 is 2.69 bits per heavy atom. The van der Waals surface area contributed by atoms with Gasteiger partial charge in [-0.05, 0) is 25.1 Å². The topological polar surface area (TPSA) is 86.5 Å². The van der Waals surface area contributed by atoms with Crippen molar-refractivity contribution in [3.8, 4) is 34.1 Å². The summed E-state index contributed by atoms with van der Waals surface area (Å²) >= 11 is 1.38. The van der Waals surface area contributed by atoms with E-state index < -0.39 is 0 Å². The molecule has 8 heteroatoms. The van der Waals surface area contributed by atoms with Crippen LogP contribution in [0.25, 0.3) is 22.6 Å². The van der Waals surface area contributed by atoms with Crippen molar-refractivity contribution in [3.63, 3.8) is 0 Å². The Morgan fingerprint density at radius 1 is 1.06 bits per heavy atom. The number of ether oxygens (including phenoxy) is 2. The van der Waals surface area contributed by atoms with Gasteiger partial charge in [-0.2, -0.15) is 0 Å². The fraction of sp³-hybridized carbons (Fsp3) is 0.208. The van der Waals surface area contributed by atoms with E-state index in [1.807, 2.05) is 54.8 Å². The van der Waals surface area contributed by atoms with Crippen molar-refractivity contribution in [2.24, 2.45) is 0 Å². The molecule has 4 aromatic rings. The molecule has 0 unspecified atom stereocenters. The molecule has 0 radical (unpaired) electrons. The zero-order valence-corrected chi connectivity index (χ0v) is 18.3. The molecule has 0 fully saturated rings. The number of amides is 1. The molecule has 0 atom stereocenters. The van der Waals surface area contributed by atoms with Crippen molar-refractivity contribution >= 4 is 22.4 Å². The third kappa shape index (κ3) is 4.50. The van der Waals surface area contributed by atoms with Gasteiger partial charge in [0, 0.05) is 29.3 Å². The normalized spacial score (nSPS) is 12.5. The van der Waals surface area contributed by atoms with E-state index in [2.05, 4.69) is 15.3 Å². The quantitative estimate of drug-likeness (QED) is 0.442. The number of hydrogen-bond acceptors (Lipinski definition) is 7. The lowest BCUT2D eigenvalue weighted by Gasteiger charge is -2.18. The molecular formula is C24H21N3O4S. The van der Waals surface area contributed by atoms with Gasteiger partial charge in [0.15, 0.2) is 28.3 Å². The van der Waals surface area contributed by atoms with Crippen LogP contribution in [-0.4, -0.2) is 29.1 Å². The van der Waals surface area contributed by atoms with E-state index in [0.717, 1.165) is 22.6 Å². The minimum atomic E-state index is -0.136. The number of nitrogens with zero attached hydrogens (tertiary/aromatic N) is 2. The zero-order valence-electron chi connectivity index (χ0n) is 17.5. The fourth-order valence-electron chi connectivity index (χ4n) is 3.35.